The van der Waals surface area contributed by atoms with E-state index in [0.717, 1.165) is 24.0 Å². The number of nitrogen functional groups attached to an aromatic ring is 1. The molecule has 0 bridgehead atoms. The summed E-state index contributed by atoms with van der Waals surface area (Å²) >= 11 is 0. The van der Waals surface area contributed by atoms with Crippen molar-refractivity contribution in [1.82, 2.24) is 34.0 Å². The number of nitrogens with zero attached hydrogens (tertiary/aromatic N) is 7. The van der Waals surface area contributed by atoms with Gasteiger partial charge in [-0.05, 0) is 64.7 Å². The van der Waals surface area contributed by atoms with Gasteiger partial charge in [-0.1, -0.05) is 0 Å². The summed E-state index contributed by atoms with van der Waals surface area (Å²) in [7, 11) is 0. The van der Waals surface area contributed by atoms with Crippen molar-refractivity contribution in [2.45, 2.75) is 71.1 Å². The smallest absolute Gasteiger partial charge is 0.256 e. The number of alkyl halides is 3. The van der Waals surface area contributed by atoms with Gasteiger partial charge in [-0.25, -0.2) is 32.6 Å². The zero-order chi connectivity index (χ0) is 25.6. The first kappa shape index (κ1) is 24.5. The average Bonchev–Trinajstić information content (AvgIpc) is 3.50. The molecule has 2 aliphatic rings. The lowest BCUT2D eigenvalue weighted by atomic mass is 9.77. The Hall–Kier alpha value is -3.21. The molecule has 4 aromatic heterocycles. The monoisotopic (exact) mass is 500 g/mol. The molecule has 0 unspecified atom stereocenters. The van der Waals surface area contributed by atoms with Crippen LogP contribution in [0.1, 0.15) is 44.1 Å². The highest BCUT2D eigenvalue weighted by atomic mass is 19.3. The van der Waals surface area contributed by atoms with Gasteiger partial charge in [0.15, 0.2) is 5.65 Å². The summed E-state index contributed by atoms with van der Waals surface area (Å²) in [4.78, 5) is 15.4. The van der Waals surface area contributed by atoms with Gasteiger partial charge >= 0.3 is 0 Å². The number of fused-ring (bicyclic) bond motifs is 2. The second kappa shape index (κ2) is 9.34. The Labute approximate surface area is 207 Å². The van der Waals surface area contributed by atoms with E-state index in [1.165, 1.54) is 23.8 Å². The van der Waals surface area contributed by atoms with Crippen LogP contribution >= 0.6 is 0 Å². The van der Waals surface area contributed by atoms with Crippen LogP contribution in [0.15, 0.2) is 24.4 Å². The fraction of sp³-hybridized carbons (Fsp3) is 0.520. The summed E-state index contributed by atoms with van der Waals surface area (Å²) in [6.07, 6.45) is 3.39. The van der Waals surface area contributed by atoms with Crippen LogP contribution in [0.5, 0.6) is 0 Å². The van der Waals surface area contributed by atoms with Gasteiger partial charge in [0.05, 0.1) is 23.4 Å². The zero-order valence-corrected chi connectivity index (χ0v) is 20.8. The van der Waals surface area contributed by atoms with Gasteiger partial charge < -0.3 is 10.3 Å². The largest absolute Gasteiger partial charge is 0.367 e. The van der Waals surface area contributed by atoms with E-state index in [4.69, 9.17) is 5.73 Å². The van der Waals surface area contributed by atoms with E-state index in [0.29, 0.717) is 40.5 Å². The molecule has 8 nitrogen and oxygen atoms in total. The summed E-state index contributed by atoms with van der Waals surface area (Å²) in [5, 5.41) is 4.14. The van der Waals surface area contributed by atoms with Gasteiger partial charge in [0, 0.05) is 30.4 Å². The zero-order valence-electron chi connectivity index (χ0n) is 20.8. The summed E-state index contributed by atoms with van der Waals surface area (Å²) in [6, 6.07) is 5.45. The topological polar surface area (TPSA) is 90.2 Å². The standard InChI is InChI=1S/C16H15F2N7.C9H16FN/c1-8-14-10(5-6-25(14)23-16(19)20-8)11-3-4-12-15(22-11)24(7-13(17)18)9(2)21-12;1-9(4-2-5-9)11-6-3-8(10)7-11/h3-6,13H,7H2,1-2H3,(H2,19,23);8H,2-7H2,1H3/t;8-/m.1/s1. The molecular weight excluding hydrogens is 469 g/mol. The number of anilines is 1. The summed E-state index contributed by atoms with van der Waals surface area (Å²) in [5.74, 6) is 0.690. The number of hydrogen-bond donors (Lipinski definition) is 1. The number of imidazole rings is 1. The SMILES string of the molecule is CC1(N2CC[C@@H](F)C2)CCC1.Cc1nc(N)nn2ccc(-c3ccc4nc(C)n(CC(F)F)c4n3)c12. The van der Waals surface area contributed by atoms with Crippen LogP contribution in [-0.2, 0) is 6.54 Å². The number of aryl methyl sites for hydroxylation is 2. The number of likely N-dealkylation sites (tertiary alicyclic amines) is 1. The minimum absolute atomic E-state index is 0.182. The Morgan fingerprint density at radius 3 is 2.56 bits per heavy atom. The summed E-state index contributed by atoms with van der Waals surface area (Å²) in [6.45, 7) is 7.04. The molecule has 1 atom stereocenters. The maximum Gasteiger partial charge on any atom is 0.256 e. The van der Waals surface area contributed by atoms with Crippen molar-refractivity contribution in [3.05, 3.63) is 35.9 Å². The Balaban J connectivity index is 0.000000202. The first-order valence-electron chi connectivity index (χ1n) is 12.3. The first-order chi connectivity index (χ1) is 17.1. The fourth-order valence-electron chi connectivity index (χ4n) is 5.26. The van der Waals surface area contributed by atoms with E-state index in [1.807, 2.05) is 19.1 Å². The third-order valence-corrected chi connectivity index (χ3v) is 7.41. The van der Waals surface area contributed by atoms with Gasteiger partial charge in [-0.3, -0.25) is 4.90 Å². The molecule has 11 heteroatoms. The first-order valence-corrected chi connectivity index (χ1v) is 12.3. The van der Waals surface area contributed by atoms with Gasteiger partial charge in [0.1, 0.15) is 17.5 Å². The third kappa shape index (κ3) is 4.52. The van der Waals surface area contributed by atoms with Gasteiger partial charge in [0.2, 0.25) is 5.95 Å². The quantitative estimate of drug-likeness (QED) is 0.441. The maximum absolute atomic E-state index is 12.9. The van der Waals surface area contributed by atoms with Gasteiger partial charge in [-0.15, -0.1) is 5.10 Å². The maximum atomic E-state index is 12.9. The molecule has 0 aromatic carbocycles. The summed E-state index contributed by atoms with van der Waals surface area (Å²) in [5.41, 5.74) is 10.0. The molecule has 0 spiro atoms. The number of halogens is 3. The Morgan fingerprint density at radius 1 is 1.14 bits per heavy atom. The van der Waals surface area contributed by atoms with E-state index < -0.39 is 19.1 Å². The highest BCUT2D eigenvalue weighted by Crippen LogP contribution is 2.39. The fourth-order valence-corrected chi connectivity index (χ4v) is 5.26. The second-order valence-corrected chi connectivity index (χ2v) is 9.96. The molecule has 0 amide bonds. The minimum atomic E-state index is -2.48. The number of hydrogen-bond acceptors (Lipinski definition) is 6. The van der Waals surface area contributed by atoms with Gasteiger partial charge in [-0.2, -0.15) is 0 Å². The van der Waals surface area contributed by atoms with E-state index in [1.54, 1.807) is 23.7 Å². The van der Waals surface area contributed by atoms with Crippen molar-refractivity contribution >= 4 is 22.6 Å². The van der Waals surface area contributed by atoms with E-state index in [2.05, 4.69) is 31.9 Å². The van der Waals surface area contributed by atoms with Crippen LogP contribution in [-0.4, -0.2) is 65.3 Å². The minimum Gasteiger partial charge on any atom is -0.367 e. The molecule has 6 rings (SSSR count). The van der Waals surface area contributed by atoms with E-state index >= 15 is 0 Å². The molecule has 1 saturated carbocycles. The number of pyridine rings is 1. The lowest BCUT2D eigenvalue weighted by Gasteiger charge is -2.46. The van der Waals surface area contributed by atoms with Crippen molar-refractivity contribution < 1.29 is 13.2 Å². The molecular formula is C25H31F3N8. The molecule has 1 saturated heterocycles. The molecule has 0 radical (unpaired) electrons. The molecule has 1 aliphatic carbocycles. The van der Waals surface area contributed by atoms with Crippen LogP contribution < -0.4 is 5.73 Å². The Bertz CT molecular complexity index is 1390. The lowest BCUT2D eigenvalue weighted by Crippen LogP contribution is -2.50. The molecule has 5 heterocycles. The van der Waals surface area contributed by atoms with Crippen molar-refractivity contribution in [3.63, 3.8) is 0 Å². The Kier molecular flexibility index (Phi) is 6.36. The highest BCUT2D eigenvalue weighted by Gasteiger charge is 2.41. The van der Waals surface area contributed by atoms with E-state index in [-0.39, 0.29) is 5.95 Å². The number of nitrogens with two attached hydrogens (primary N) is 1. The third-order valence-electron chi connectivity index (χ3n) is 7.41. The molecule has 36 heavy (non-hydrogen) atoms. The van der Waals surface area contributed by atoms with Crippen molar-refractivity contribution in [2.75, 3.05) is 18.8 Å². The Morgan fingerprint density at radius 2 is 1.92 bits per heavy atom. The van der Waals surface area contributed by atoms with Crippen molar-refractivity contribution in [1.29, 1.82) is 0 Å². The van der Waals surface area contributed by atoms with Crippen LogP contribution in [0.2, 0.25) is 0 Å². The lowest BCUT2D eigenvalue weighted by molar-refractivity contribution is 0.0488. The van der Waals surface area contributed by atoms with Crippen LogP contribution in [0, 0.1) is 13.8 Å². The molecule has 2 N–H and O–H groups in total. The molecule has 2 fully saturated rings. The normalized spacial score (nSPS) is 19.6. The van der Waals surface area contributed by atoms with Crippen LogP contribution in [0.3, 0.4) is 0 Å². The number of rotatable bonds is 4. The highest BCUT2D eigenvalue weighted by molar-refractivity contribution is 5.84. The summed E-state index contributed by atoms with van der Waals surface area (Å²) < 4.78 is 41.6. The molecule has 4 aromatic rings. The van der Waals surface area contributed by atoms with Crippen LogP contribution in [0.25, 0.3) is 27.9 Å². The molecule has 192 valence electrons. The van der Waals surface area contributed by atoms with E-state index in [9.17, 15) is 13.2 Å². The second-order valence-electron chi connectivity index (χ2n) is 9.96. The van der Waals surface area contributed by atoms with Crippen LogP contribution in [0.4, 0.5) is 19.1 Å². The predicted molar refractivity (Wildman–Crippen MR) is 133 cm³/mol. The number of aromatic nitrogens is 6. The molecule has 1 aliphatic heterocycles. The van der Waals surface area contributed by atoms with Crippen molar-refractivity contribution in [3.8, 4) is 11.3 Å². The van der Waals surface area contributed by atoms with Crippen molar-refractivity contribution in [2.24, 2.45) is 0 Å². The van der Waals surface area contributed by atoms with Gasteiger partial charge in [0.25, 0.3) is 6.43 Å². The average molecular weight is 501 g/mol. The predicted octanol–water partition coefficient (Wildman–Crippen LogP) is 4.58.